The summed E-state index contributed by atoms with van der Waals surface area (Å²) in [6, 6.07) is 9.73. The summed E-state index contributed by atoms with van der Waals surface area (Å²) in [5.41, 5.74) is 1.51. The molecule has 0 bridgehead atoms. The fourth-order valence-corrected chi connectivity index (χ4v) is 3.96. The normalized spacial score (nSPS) is 19.6. The van der Waals surface area contributed by atoms with Crippen molar-refractivity contribution in [3.8, 4) is 5.75 Å². The highest BCUT2D eigenvalue weighted by Crippen LogP contribution is 2.23. The molecule has 1 fully saturated rings. The number of halogens is 1. The molecule has 3 rings (SSSR count). The number of ether oxygens (including phenoxy) is 2. The Hall–Kier alpha value is -2.12. The molecule has 0 aliphatic carbocycles. The van der Waals surface area contributed by atoms with Gasteiger partial charge in [-0.25, -0.2) is 0 Å². The Morgan fingerprint density at radius 1 is 1.31 bits per heavy atom. The van der Waals surface area contributed by atoms with Gasteiger partial charge < -0.3 is 18.9 Å². The lowest BCUT2D eigenvalue weighted by molar-refractivity contribution is -0.137. The third-order valence-electron chi connectivity index (χ3n) is 5.28. The van der Waals surface area contributed by atoms with Crippen LogP contribution in [0, 0.1) is 6.92 Å². The van der Waals surface area contributed by atoms with E-state index in [-0.39, 0.29) is 17.8 Å². The Bertz CT molecular complexity index is 884. The van der Waals surface area contributed by atoms with Crippen LogP contribution in [0.25, 0.3) is 0 Å². The van der Waals surface area contributed by atoms with Gasteiger partial charge in [-0.05, 0) is 47.7 Å². The fourth-order valence-electron chi connectivity index (χ4n) is 3.54. The first-order valence-corrected chi connectivity index (χ1v) is 10.8. The van der Waals surface area contributed by atoms with E-state index in [2.05, 4.69) is 22.9 Å². The lowest BCUT2D eigenvalue weighted by Crippen LogP contribution is -2.40. The van der Waals surface area contributed by atoms with Gasteiger partial charge in [-0.2, -0.15) is 0 Å². The predicted molar refractivity (Wildman–Crippen MR) is 115 cm³/mol. The Balaban J connectivity index is 1.85. The molecule has 0 radical (unpaired) electrons. The van der Waals surface area contributed by atoms with Crippen molar-refractivity contribution < 1.29 is 14.3 Å². The topological polar surface area (TPSA) is 60.8 Å². The predicted octanol–water partition coefficient (Wildman–Crippen LogP) is 3.87. The highest BCUT2D eigenvalue weighted by Gasteiger charge is 2.26. The molecule has 1 aliphatic rings. The summed E-state index contributed by atoms with van der Waals surface area (Å²) >= 11 is 3.36. The summed E-state index contributed by atoms with van der Waals surface area (Å²) in [7, 11) is 0. The number of nitrogens with zero attached hydrogens (tertiary/aromatic N) is 2. The minimum Gasteiger partial charge on any atom is -0.483 e. The van der Waals surface area contributed by atoms with Gasteiger partial charge in [0.25, 0.3) is 0 Å². The SMILES string of the molecule is CCC1CCCN(C=O)C(Cn2cc(Br)c(=O)c(OCc3ccccc3)c2C)O1. The minimum absolute atomic E-state index is 0.127. The van der Waals surface area contributed by atoms with Crippen LogP contribution in [0.2, 0.25) is 0 Å². The number of amides is 1. The molecular formula is C22H27BrN2O4. The summed E-state index contributed by atoms with van der Waals surface area (Å²) in [6.07, 6.45) is 5.11. The van der Waals surface area contributed by atoms with Gasteiger partial charge in [0.1, 0.15) is 12.8 Å². The van der Waals surface area contributed by atoms with Crippen molar-refractivity contribution >= 4 is 22.3 Å². The van der Waals surface area contributed by atoms with Gasteiger partial charge in [-0.1, -0.05) is 37.3 Å². The highest BCUT2D eigenvalue weighted by molar-refractivity contribution is 9.10. The lowest BCUT2D eigenvalue weighted by atomic mass is 10.1. The lowest BCUT2D eigenvalue weighted by Gasteiger charge is -2.29. The number of carbonyl (C=O) groups excluding carboxylic acids is 1. The van der Waals surface area contributed by atoms with Crippen molar-refractivity contribution in [3.05, 3.63) is 62.5 Å². The minimum atomic E-state index is -0.380. The third-order valence-corrected chi connectivity index (χ3v) is 5.85. The number of hydrogen-bond acceptors (Lipinski definition) is 4. The molecule has 2 unspecified atom stereocenters. The quantitative estimate of drug-likeness (QED) is 0.585. The Kier molecular flexibility index (Phi) is 7.50. The molecule has 1 aromatic heterocycles. The first kappa shape index (κ1) is 21.6. The number of hydrogen-bond donors (Lipinski definition) is 0. The molecule has 1 saturated heterocycles. The van der Waals surface area contributed by atoms with E-state index in [4.69, 9.17) is 9.47 Å². The molecule has 6 nitrogen and oxygen atoms in total. The summed E-state index contributed by atoms with van der Waals surface area (Å²) < 4.78 is 14.4. The van der Waals surface area contributed by atoms with Gasteiger partial charge in [0.15, 0.2) is 5.75 Å². The number of aromatic nitrogens is 1. The maximum atomic E-state index is 12.6. The van der Waals surface area contributed by atoms with E-state index in [0.29, 0.717) is 35.6 Å². The van der Waals surface area contributed by atoms with Gasteiger partial charge in [0.2, 0.25) is 11.8 Å². The van der Waals surface area contributed by atoms with Crippen molar-refractivity contribution in [3.63, 3.8) is 0 Å². The first-order valence-electron chi connectivity index (χ1n) is 9.96. The first-order chi connectivity index (χ1) is 14.0. The smallest absolute Gasteiger partial charge is 0.237 e. The molecule has 2 aromatic rings. The molecule has 0 spiro atoms. The maximum absolute atomic E-state index is 12.6. The number of carbonyl (C=O) groups is 1. The zero-order valence-electron chi connectivity index (χ0n) is 16.8. The van der Waals surface area contributed by atoms with Crippen LogP contribution in [0.5, 0.6) is 5.75 Å². The molecular weight excluding hydrogens is 436 g/mol. The van der Waals surface area contributed by atoms with E-state index in [0.717, 1.165) is 31.2 Å². The Morgan fingerprint density at radius 2 is 2.07 bits per heavy atom. The monoisotopic (exact) mass is 462 g/mol. The fraction of sp³-hybridized carbons (Fsp3) is 0.455. The molecule has 1 amide bonds. The van der Waals surface area contributed by atoms with E-state index in [9.17, 15) is 9.59 Å². The van der Waals surface area contributed by atoms with Crippen molar-refractivity contribution in [2.24, 2.45) is 0 Å². The van der Waals surface area contributed by atoms with Gasteiger partial charge >= 0.3 is 0 Å². The molecule has 0 N–H and O–H groups in total. The van der Waals surface area contributed by atoms with E-state index in [1.165, 1.54) is 0 Å². The van der Waals surface area contributed by atoms with Crippen LogP contribution in [0.3, 0.4) is 0 Å². The van der Waals surface area contributed by atoms with Gasteiger partial charge in [0, 0.05) is 12.7 Å². The zero-order chi connectivity index (χ0) is 20.8. The van der Waals surface area contributed by atoms with Crippen LogP contribution >= 0.6 is 15.9 Å². The van der Waals surface area contributed by atoms with Gasteiger partial charge in [0.05, 0.1) is 22.8 Å². The third kappa shape index (κ3) is 5.28. The molecule has 2 heterocycles. The molecule has 0 saturated carbocycles. The number of benzene rings is 1. The summed E-state index contributed by atoms with van der Waals surface area (Å²) in [4.78, 5) is 25.9. The number of rotatable bonds is 7. The van der Waals surface area contributed by atoms with Crippen LogP contribution in [0.4, 0.5) is 0 Å². The van der Waals surface area contributed by atoms with Gasteiger partial charge in [-0.3, -0.25) is 9.59 Å². The van der Waals surface area contributed by atoms with E-state index in [1.54, 1.807) is 11.1 Å². The van der Waals surface area contributed by atoms with Crippen LogP contribution < -0.4 is 10.2 Å². The molecule has 1 aromatic carbocycles. The van der Waals surface area contributed by atoms with Crippen molar-refractivity contribution in [1.29, 1.82) is 0 Å². The molecule has 1 aliphatic heterocycles. The van der Waals surface area contributed by atoms with Crippen LogP contribution in [-0.2, 0) is 22.7 Å². The molecule has 156 valence electrons. The molecule has 29 heavy (non-hydrogen) atoms. The Morgan fingerprint density at radius 3 is 2.76 bits per heavy atom. The zero-order valence-corrected chi connectivity index (χ0v) is 18.4. The average molecular weight is 463 g/mol. The Labute approximate surface area is 179 Å². The molecule has 7 heteroatoms. The number of pyridine rings is 1. The second kappa shape index (κ2) is 10.1. The van der Waals surface area contributed by atoms with Crippen LogP contribution in [0.15, 0.2) is 45.8 Å². The van der Waals surface area contributed by atoms with Gasteiger partial charge in [-0.15, -0.1) is 0 Å². The molecule has 2 atom stereocenters. The van der Waals surface area contributed by atoms with E-state index in [1.807, 2.05) is 41.8 Å². The largest absolute Gasteiger partial charge is 0.483 e. The van der Waals surface area contributed by atoms with Crippen LogP contribution in [-0.4, -0.2) is 34.8 Å². The van der Waals surface area contributed by atoms with Crippen molar-refractivity contribution in [2.45, 2.75) is 58.6 Å². The van der Waals surface area contributed by atoms with Crippen molar-refractivity contribution in [2.75, 3.05) is 6.54 Å². The standard InChI is InChI=1S/C22H27BrN2O4/c1-3-18-10-7-11-24(15-26)20(29-18)13-25-12-19(23)21(27)22(16(25)2)28-14-17-8-5-4-6-9-17/h4-6,8-9,12,15,18,20H,3,7,10-11,13-14H2,1-2H3. The van der Waals surface area contributed by atoms with Crippen LogP contribution in [0.1, 0.15) is 37.4 Å². The second-order valence-corrected chi connectivity index (χ2v) is 8.11. The maximum Gasteiger partial charge on any atom is 0.237 e. The van der Waals surface area contributed by atoms with Crippen molar-refractivity contribution in [1.82, 2.24) is 9.47 Å². The van der Waals surface area contributed by atoms with E-state index < -0.39 is 0 Å². The summed E-state index contributed by atoms with van der Waals surface area (Å²) in [5.74, 6) is 0.307. The average Bonchev–Trinajstić information content (AvgIpc) is 2.94. The summed E-state index contributed by atoms with van der Waals surface area (Å²) in [6.45, 7) is 5.36. The highest BCUT2D eigenvalue weighted by atomic mass is 79.9. The summed E-state index contributed by atoms with van der Waals surface area (Å²) in [5, 5.41) is 0. The second-order valence-electron chi connectivity index (χ2n) is 7.25. The van der Waals surface area contributed by atoms with E-state index >= 15 is 0 Å².